The molecule has 2 heterocycles. The van der Waals surface area contributed by atoms with E-state index in [1.165, 1.54) is 0 Å². The van der Waals surface area contributed by atoms with Crippen molar-refractivity contribution in [3.8, 4) is 17.2 Å². The zero-order valence-electron chi connectivity index (χ0n) is 18.0. The van der Waals surface area contributed by atoms with Crippen molar-refractivity contribution in [1.29, 1.82) is 0 Å². The molecule has 0 radical (unpaired) electrons. The summed E-state index contributed by atoms with van der Waals surface area (Å²) in [6.07, 6.45) is 4.15. The monoisotopic (exact) mass is 414 g/mol. The molecule has 0 aliphatic heterocycles. The first-order valence-corrected chi connectivity index (χ1v) is 10.4. The number of hydrogen-bond donors (Lipinski definition) is 1. The van der Waals surface area contributed by atoms with Crippen molar-refractivity contribution < 1.29 is 14.6 Å². The number of phenolic OH excluding ortho intramolecular Hbond substituents is 1. The minimum Gasteiger partial charge on any atom is -0.505 e. The Labute approximate surface area is 182 Å². The minimum atomic E-state index is -0.134. The Morgan fingerprint density at radius 1 is 0.968 bits per heavy atom. The predicted octanol–water partition coefficient (Wildman–Crippen LogP) is 5.43. The molecule has 2 aromatic heterocycles. The topological polar surface area (TPSA) is 64.5 Å². The number of benzene rings is 2. The summed E-state index contributed by atoms with van der Waals surface area (Å²) >= 11 is 0. The first-order valence-electron chi connectivity index (χ1n) is 10.4. The van der Waals surface area contributed by atoms with Gasteiger partial charge < -0.3 is 14.6 Å². The highest BCUT2D eigenvalue weighted by atomic mass is 16.5. The van der Waals surface area contributed by atoms with Gasteiger partial charge in [0.1, 0.15) is 11.3 Å². The van der Waals surface area contributed by atoms with E-state index < -0.39 is 0 Å². The van der Waals surface area contributed by atoms with Crippen LogP contribution in [0.5, 0.6) is 17.2 Å². The van der Waals surface area contributed by atoms with Crippen LogP contribution in [0.3, 0.4) is 0 Å². The largest absolute Gasteiger partial charge is 0.505 e. The van der Waals surface area contributed by atoms with Crippen LogP contribution < -0.4 is 9.47 Å². The number of phenols is 1. The third kappa shape index (κ3) is 4.31. The maximum Gasteiger partial charge on any atom is 0.161 e. The highest BCUT2D eigenvalue weighted by Gasteiger charge is 2.22. The van der Waals surface area contributed by atoms with Crippen molar-refractivity contribution in [1.82, 2.24) is 9.97 Å². The Kier molecular flexibility index (Phi) is 6.03. The van der Waals surface area contributed by atoms with Crippen molar-refractivity contribution in [2.45, 2.75) is 26.2 Å². The lowest BCUT2D eigenvalue weighted by atomic mass is 9.85. The lowest BCUT2D eigenvalue weighted by Gasteiger charge is -2.21. The molecule has 5 nitrogen and oxygen atoms in total. The molecule has 5 heteroatoms. The Morgan fingerprint density at radius 3 is 2.61 bits per heavy atom. The lowest BCUT2D eigenvalue weighted by Crippen LogP contribution is -2.08. The van der Waals surface area contributed by atoms with Crippen LogP contribution in [0.4, 0.5) is 0 Å². The Balaban J connectivity index is 1.85. The molecule has 2 aromatic carbocycles. The van der Waals surface area contributed by atoms with Gasteiger partial charge in [-0.3, -0.25) is 9.97 Å². The molecule has 1 atom stereocenters. The molecule has 0 amide bonds. The molecule has 4 rings (SSSR count). The number of hydrogen-bond acceptors (Lipinski definition) is 5. The number of rotatable bonds is 7. The fourth-order valence-corrected chi connectivity index (χ4v) is 3.93. The third-order valence-electron chi connectivity index (χ3n) is 5.43. The maximum absolute atomic E-state index is 11.1. The smallest absolute Gasteiger partial charge is 0.161 e. The van der Waals surface area contributed by atoms with Crippen molar-refractivity contribution in [3.63, 3.8) is 0 Å². The summed E-state index contributed by atoms with van der Waals surface area (Å²) in [6, 6.07) is 17.8. The second kappa shape index (κ2) is 9.04. The van der Waals surface area contributed by atoms with E-state index in [9.17, 15) is 5.11 Å². The number of fused-ring (bicyclic) bond motifs is 1. The quantitative estimate of drug-likeness (QED) is 0.437. The summed E-state index contributed by atoms with van der Waals surface area (Å²) in [5.41, 5.74) is 4.52. The van der Waals surface area contributed by atoms with Crippen LogP contribution in [-0.4, -0.2) is 28.8 Å². The molecule has 31 heavy (non-hydrogen) atoms. The number of aromatic nitrogens is 2. The van der Waals surface area contributed by atoms with Crippen LogP contribution in [0.2, 0.25) is 0 Å². The summed E-state index contributed by atoms with van der Waals surface area (Å²) < 4.78 is 11.3. The number of nitrogens with zero attached hydrogens (tertiary/aromatic N) is 2. The van der Waals surface area contributed by atoms with Crippen LogP contribution in [-0.2, 0) is 6.42 Å². The molecule has 158 valence electrons. The first kappa shape index (κ1) is 20.7. The van der Waals surface area contributed by atoms with Gasteiger partial charge in [-0.25, -0.2) is 0 Å². The number of pyridine rings is 2. The Hall–Kier alpha value is -3.60. The number of methoxy groups -OCH3 is 1. The summed E-state index contributed by atoms with van der Waals surface area (Å²) in [5, 5.41) is 12.0. The second-order valence-corrected chi connectivity index (χ2v) is 7.50. The molecule has 0 fully saturated rings. The molecule has 0 aliphatic carbocycles. The van der Waals surface area contributed by atoms with E-state index in [0.717, 1.165) is 27.8 Å². The minimum absolute atomic E-state index is 0.134. The van der Waals surface area contributed by atoms with Gasteiger partial charge in [-0.1, -0.05) is 24.3 Å². The number of aryl methyl sites for hydroxylation is 1. The summed E-state index contributed by atoms with van der Waals surface area (Å²) in [5.74, 6) is 1.43. The molecule has 1 N–H and O–H groups in total. The van der Waals surface area contributed by atoms with Gasteiger partial charge in [-0.15, -0.1) is 0 Å². The SMILES string of the molecule is CCOc1ccc(C(Cc2cc(C)ccn2)c2ccc3cccnc3c2O)cc1OC. The first-order chi connectivity index (χ1) is 15.1. The van der Waals surface area contributed by atoms with E-state index >= 15 is 0 Å². The fraction of sp³-hybridized carbons (Fsp3) is 0.231. The highest BCUT2D eigenvalue weighted by molar-refractivity contribution is 5.85. The van der Waals surface area contributed by atoms with Gasteiger partial charge in [0.25, 0.3) is 0 Å². The predicted molar refractivity (Wildman–Crippen MR) is 122 cm³/mol. The highest BCUT2D eigenvalue weighted by Crippen LogP contribution is 2.40. The Bertz CT molecular complexity index is 1210. The van der Waals surface area contributed by atoms with Crippen molar-refractivity contribution in [3.05, 3.63) is 89.4 Å². The fourth-order valence-electron chi connectivity index (χ4n) is 3.93. The van der Waals surface area contributed by atoms with Crippen LogP contribution >= 0.6 is 0 Å². The molecule has 0 spiro atoms. The molecule has 0 saturated heterocycles. The molecule has 0 aliphatic rings. The van der Waals surface area contributed by atoms with Crippen LogP contribution in [0, 0.1) is 6.92 Å². The molecule has 0 bridgehead atoms. The number of aromatic hydroxyl groups is 1. The van der Waals surface area contributed by atoms with Crippen LogP contribution in [0.25, 0.3) is 10.9 Å². The normalized spacial score (nSPS) is 12.0. The number of ether oxygens (including phenoxy) is 2. The van der Waals surface area contributed by atoms with E-state index in [-0.39, 0.29) is 11.7 Å². The molecule has 0 saturated carbocycles. The van der Waals surface area contributed by atoms with E-state index in [2.05, 4.69) is 23.0 Å². The zero-order chi connectivity index (χ0) is 21.8. The Morgan fingerprint density at radius 2 is 1.84 bits per heavy atom. The van der Waals surface area contributed by atoms with Crippen molar-refractivity contribution in [2.75, 3.05) is 13.7 Å². The zero-order valence-corrected chi connectivity index (χ0v) is 18.0. The summed E-state index contributed by atoms with van der Waals surface area (Å²) in [4.78, 5) is 8.96. The van der Waals surface area contributed by atoms with Gasteiger partial charge in [0.05, 0.1) is 13.7 Å². The summed E-state index contributed by atoms with van der Waals surface area (Å²) in [7, 11) is 1.64. The maximum atomic E-state index is 11.1. The van der Waals surface area contributed by atoms with Crippen LogP contribution in [0.15, 0.2) is 67.0 Å². The molecule has 1 unspecified atom stereocenters. The van der Waals surface area contributed by atoms with E-state index in [0.29, 0.717) is 30.0 Å². The average Bonchev–Trinajstić information content (AvgIpc) is 2.79. The van der Waals surface area contributed by atoms with Crippen LogP contribution in [0.1, 0.15) is 35.2 Å². The molecule has 4 aromatic rings. The van der Waals surface area contributed by atoms with Gasteiger partial charge in [-0.2, -0.15) is 0 Å². The van der Waals surface area contributed by atoms with E-state index in [1.807, 2.05) is 61.7 Å². The third-order valence-corrected chi connectivity index (χ3v) is 5.43. The van der Waals surface area contributed by atoms with Gasteiger partial charge in [0, 0.05) is 41.4 Å². The van der Waals surface area contributed by atoms with E-state index in [4.69, 9.17) is 9.47 Å². The molecular formula is C26H26N2O3. The van der Waals surface area contributed by atoms with Gasteiger partial charge in [-0.05, 0) is 55.3 Å². The lowest BCUT2D eigenvalue weighted by molar-refractivity contribution is 0.310. The van der Waals surface area contributed by atoms with Gasteiger partial charge in [0.15, 0.2) is 11.5 Å². The van der Waals surface area contributed by atoms with Gasteiger partial charge in [0.2, 0.25) is 0 Å². The van der Waals surface area contributed by atoms with Gasteiger partial charge >= 0.3 is 0 Å². The van der Waals surface area contributed by atoms with E-state index in [1.54, 1.807) is 13.3 Å². The molecular weight excluding hydrogens is 388 g/mol. The summed E-state index contributed by atoms with van der Waals surface area (Å²) in [6.45, 7) is 4.56. The van der Waals surface area contributed by atoms with Crippen molar-refractivity contribution >= 4 is 10.9 Å². The standard InChI is InChI=1S/C26H26N2O3/c1-4-31-23-10-8-19(15-24(23)30-3)22(16-20-14-17(2)11-13-27-20)21-9-7-18-6-5-12-28-25(18)26(21)29/h5-15,22,29H,4,16H2,1-3H3. The van der Waals surface area contributed by atoms with Crippen molar-refractivity contribution in [2.24, 2.45) is 0 Å². The second-order valence-electron chi connectivity index (χ2n) is 7.50. The average molecular weight is 415 g/mol.